The van der Waals surface area contributed by atoms with E-state index in [0.717, 1.165) is 29.5 Å². The number of hydrogen-bond acceptors (Lipinski definition) is 8. The van der Waals surface area contributed by atoms with E-state index < -0.39 is 22.0 Å². The number of nitrogens with zero attached hydrogens (tertiary/aromatic N) is 4. The van der Waals surface area contributed by atoms with E-state index in [4.69, 9.17) is 0 Å². The number of nitrogens with one attached hydrogen (secondary N) is 2. The second-order valence-corrected chi connectivity index (χ2v) is 10.1. The Morgan fingerprint density at radius 2 is 2.00 bits per heavy atom. The number of carbonyl (C=O) groups excluding carboxylic acids is 1. The Hall–Kier alpha value is -3.05. The molecule has 0 bridgehead atoms. The Labute approximate surface area is 185 Å². The molecule has 10 nitrogen and oxygen atoms in total. The van der Waals surface area contributed by atoms with Crippen molar-refractivity contribution in [3.63, 3.8) is 0 Å². The lowest BCUT2D eigenvalue weighted by Gasteiger charge is -2.31. The summed E-state index contributed by atoms with van der Waals surface area (Å²) in [5, 5.41) is 0.223. The van der Waals surface area contributed by atoms with E-state index in [1.165, 1.54) is 0 Å². The lowest BCUT2D eigenvalue weighted by molar-refractivity contribution is -0.123. The number of benzene rings is 1. The minimum Gasteiger partial charge on any atom is -0.321 e. The molecule has 0 aliphatic carbocycles. The molecule has 1 aromatic carbocycles. The maximum atomic E-state index is 12.6. The smallest absolute Gasteiger partial charge is 0.279 e. The monoisotopic (exact) mass is 458 g/mol. The average molecular weight is 459 g/mol. The van der Waals surface area contributed by atoms with Crippen molar-refractivity contribution in [3.05, 3.63) is 44.5 Å². The molecule has 1 atom stereocenters. The highest BCUT2D eigenvalue weighted by Crippen LogP contribution is 2.36. The van der Waals surface area contributed by atoms with Crippen molar-refractivity contribution < 1.29 is 13.2 Å². The second kappa shape index (κ2) is 8.14. The van der Waals surface area contributed by atoms with Crippen LogP contribution in [0, 0.1) is 13.8 Å². The van der Waals surface area contributed by atoms with Gasteiger partial charge in [0.2, 0.25) is 10.0 Å². The van der Waals surface area contributed by atoms with Crippen LogP contribution in [0.15, 0.2) is 21.9 Å². The Morgan fingerprint density at radius 1 is 1.28 bits per heavy atom. The topological polar surface area (TPSA) is 128 Å². The Kier molecular flexibility index (Phi) is 5.63. The zero-order chi connectivity index (χ0) is 23.2. The molecule has 2 aliphatic rings. The van der Waals surface area contributed by atoms with Crippen LogP contribution in [0.5, 0.6) is 0 Å². The van der Waals surface area contributed by atoms with Crippen molar-refractivity contribution in [2.24, 2.45) is 4.99 Å². The summed E-state index contributed by atoms with van der Waals surface area (Å²) in [4.78, 5) is 40.5. The third-order valence-electron chi connectivity index (χ3n) is 5.86. The summed E-state index contributed by atoms with van der Waals surface area (Å²) < 4.78 is 25.1. The average Bonchev–Trinajstić information content (AvgIpc) is 3.15. The molecule has 11 heteroatoms. The number of aromatic nitrogens is 2. The molecule has 2 aliphatic heterocycles. The molecule has 0 radical (unpaired) electrons. The zero-order valence-electron chi connectivity index (χ0n) is 18.3. The molecule has 1 saturated heterocycles. The minimum absolute atomic E-state index is 0.223. The van der Waals surface area contributed by atoms with Gasteiger partial charge in [0.1, 0.15) is 5.48 Å². The maximum absolute atomic E-state index is 12.6. The predicted molar refractivity (Wildman–Crippen MR) is 121 cm³/mol. The van der Waals surface area contributed by atoms with Gasteiger partial charge in [-0.05, 0) is 56.5 Å². The standard InChI is InChI=1S/C21H26N6O4S/c1-12-10-15-17(11-13(12)2)27(19-18(24-15)21(29)23-14(3)22-19)9-8-26-7-5-6-16(26)20(28)25-32(4,30)31/h10-11,16H,3,5-9H2,1-2,4H3,(H,23,29)(H,25,28)/t16-/m1/s1. The number of aryl methyl sites for hydroxylation is 2. The number of sulfonamides is 1. The Morgan fingerprint density at radius 3 is 2.72 bits per heavy atom. The van der Waals surface area contributed by atoms with E-state index in [1.54, 1.807) is 0 Å². The highest BCUT2D eigenvalue weighted by molar-refractivity contribution is 7.89. The summed E-state index contributed by atoms with van der Waals surface area (Å²) in [7, 11) is -3.62. The van der Waals surface area contributed by atoms with Gasteiger partial charge in [-0.25, -0.2) is 18.4 Å². The van der Waals surface area contributed by atoms with Crippen LogP contribution >= 0.6 is 0 Å². The summed E-state index contributed by atoms with van der Waals surface area (Å²) in [5.41, 5.74) is 3.53. The van der Waals surface area contributed by atoms with Crippen LogP contribution in [0.2, 0.25) is 0 Å². The number of likely N-dealkylation sites (tertiary alicyclic amines) is 1. The number of aromatic amines is 1. The van der Waals surface area contributed by atoms with Gasteiger partial charge in [0.05, 0.1) is 23.7 Å². The van der Waals surface area contributed by atoms with E-state index in [0.29, 0.717) is 37.6 Å². The third-order valence-corrected chi connectivity index (χ3v) is 6.43. The second-order valence-electron chi connectivity index (χ2n) is 8.31. The van der Waals surface area contributed by atoms with Gasteiger partial charge in [0, 0.05) is 13.1 Å². The van der Waals surface area contributed by atoms with Crippen molar-refractivity contribution in [2.75, 3.05) is 30.8 Å². The van der Waals surface area contributed by atoms with Crippen LogP contribution in [0.4, 0.5) is 17.2 Å². The summed E-state index contributed by atoms with van der Waals surface area (Å²) in [6, 6.07) is 3.44. The van der Waals surface area contributed by atoms with Crippen LogP contribution in [0.3, 0.4) is 0 Å². The number of anilines is 2. The van der Waals surface area contributed by atoms with Crippen molar-refractivity contribution >= 4 is 39.7 Å². The van der Waals surface area contributed by atoms with Crippen molar-refractivity contribution in [3.8, 4) is 0 Å². The Balaban J connectivity index is 1.68. The zero-order valence-corrected chi connectivity index (χ0v) is 19.1. The van der Waals surface area contributed by atoms with Gasteiger partial charge in [-0.15, -0.1) is 0 Å². The quantitative estimate of drug-likeness (QED) is 0.632. The summed E-state index contributed by atoms with van der Waals surface area (Å²) in [6.07, 6.45) is 2.35. The SMILES string of the molecule is C=c1nc2c(c(=O)[nH]1)=Nc1cc(C)c(C)cc1N2CCN1CCC[C@@H]1C(=O)NS(C)(=O)=O. The molecule has 2 N–H and O–H groups in total. The van der Waals surface area contributed by atoms with Crippen molar-refractivity contribution in [2.45, 2.75) is 32.7 Å². The molecule has 3 heterocycles. The first-order valence-corrected chi connectivity index (χ1v) is 12.2. The Bertz CT molecular complexity index is 1370. The highest BCUT2D eigenvalue weighted by atomic mass is 32.2. The fraction of sp³-hybridized carbons (Fsp3) is 0.429. The molecule has 1 amide bonds. The van der Waals surface area contributed by atoms with E-state index in [9.17, 15) is 18.0 Å². The van der Waals surface area contributed by atoms with Crippen molar-refractivity contribution in [1.29, 1.82) is 0 Å². The van der Waals surface area contributed by atoms with E-state index in [-0.39, 0.29) is 16.4 Å². The molecule has 0 spiro atoms. The lowest BCUT2D eigenvalue weighted by atomic mass is 10.1. The normalized spacial score (nSPS) is 18.1. The summed E-state index contributed by atoms with van der Waals surface area (Å²) in [6.45, 7) is 9.36. The number of H-pyrrole nitrogens is 1. The maximum Gasteiger partial charge on any atom is 0.279 e. The van der Waals surface area contributed by atoms with Gasteiger partial charge in [-0.2, -0.15) is 0 Å². The summed E-state index contributed by atoms with van der Waals surface area (Å²) in [5.74, 6) is -0.0913. The molecule has 170 valence electrons. The molecule has 32 heavy (non-hydrogen) atoms. The summed E-state index contributed by atoms with van der Waals surface area (Å²) >= 11 is 0. The fourth-order valence-corrected chi connectivity index (χ4v) is 4.71. The van der Waals surface area contributed by atoms with Crippen LogP contribution in [-0.2, 0) is 14.8 Å². The van der Waals surface area contributed by atoms with Crippen LogP contribution < -0.4 is 26.0 Å². The van der Waals surface area contributed by atoms with E-state index in [1.807, 2.05) is 35.8 Å². The van der Waals surface area contributed by atoms with Crippen molar-refractivity contribution in [1.82, 2.24) is 19.6 Å². The van der Waals surface area contributed by atoms with Gasteiger partial charge in [-0.1, -0.05) is 6.58 Å². The van der Waals surface area contributed by atoms with Gasteiger partial charge in [0.15, 0.2) is 11.2 Å². The largest absolute Gasteiger partial charge is 0.321 e. The molecule has 0 saturated carbocycles. The number of rotatable bonds is 5. The first kappa shape index (κ1) is 22.2. The molecule has 1 fully saturated rings. The highest BCUT2D eigenvalue weighted by Gasteiger charge is 2.33. The predicted octanol–water partition coefficient (Wildman–Crippen LogP) is -0.260. The first-order valence-electron chi connectivity index (χ1n) is 10.4. The molecule has 4 rings (SSSR count). The van der Waals surface area contributed by atoms with Gasteiger partial charge >= 0.3 is 0 Å². The molecular weight excluding hydrogens is 432 g/mol. The van der Waals surface area contributed by atoms with E-state index in [2.05, 4.69) is 26.3 Å². The minimum atomic E-state index is -3.62. The molecular formula is C21H26N6O4S. The van der Waals surface area contributed by atoms with Gasteiger partial charge in [0.25, 0.3) is 11.5 Å². The number of hydrogen-bond donors (Lipinski definition) is 2. The van der Waals surface area contributed by atoms with Crippen LogP contribution in [-0.4, -0.2) is 61.1 Å². The third kappa shape index (κ3) is 4.30. The van der Waals surface area contributed by atoms with Crippen LogP contribution in [0.1, 0.15) is 24.0 Å². The van der Waals surface area contributed by atoms with Gasteiger partial charge < -0.3 is 9.88 Å². The lowest BCUT2D eigenvalue weighted by Crippen LogP contribution is -2.48. The number of fused-ring (bicyclic) bond motifs is 2. The number of carbonyl (C=O) groups is 1. The van der Waals surface area contributed by atoms with Crippen LogP contribution in [0.25, 0.3) is 6.58 Å². The van der Waals surface area contributed by atoms with E-state index >= 15 is 0 Å². The molecule has 0 unspecified atom stereocenters. The van der Waals surface area contributed by atoms with Gasteiger partial charge in [-0.3, -0.25) is 19.2 Å². The molecule has 2 aromatic rings. The molecule has 1 aromatic heterocycles. The number of amides is 1. The first-order chi connectivity index (χ1) is 15.0. The fourth-order valence-electron chi connectivity index (χ4n) is 4.21.